The van der Waals surface area contributed by atoms with Crippen molar-refractivity contribution in [2.24, 2.45) is 7.05 Å². The number of halogens is 3. The summed E-state index contributed by atoms with van der Waals surface area (Å²) in [5.74, 6) is -0.210. The molecule has 0 aliphatic carbocycles. The number of benzene rings is 1. The van der Waals surface area contributed by atoms with E-state index in [4.69, 9.17) is 9.47 Å². The van der Waals surface area contributed by atoms with E-state index >= 15 is 0 Å². The molecule has 1 heterocycles. The second-order valence-electron chi connectivity index (χ2n) is 4.66. The van der Waals surface area contributed by atoms with Crippen molar-refractivity contribution in [3.8, 4) is 11.5 Å². The highest BCUT2D eigenvalue weighted by molar-refractivity contribution is 7.92. The fourth-order valence-electron chi connectivity index (χ4n) is 1.97. The van der Waals surface area contributed by atoms with Gasteiger partial charge in [-0.2, -0.15) is 18.3 Å². The minimum absolute atomic E-state index is 0.00951. The number of sulfonamides is 1. The minimum atomic E-state index is -4.65. The molecule has 0 radical (unpaired) electrons. The molecule has 2 rings (SSSR count). The topological polar surface area (TPSA) is 82.5 Å². The Bertz CT molecular complexity index is 847. The molecule has 0 bridgehead atoms. The summed E-state index contributed by atoms with van der Waals surface area (Å²) in [7, 11) is -0.559. The molecule has 0 amide bonds. The van der Waals surface area contributed by atoms with Crippen molar-refractivity contribution >= 4 is 15.8 Å². The summed E-state index contributed by atoms with van der Waals surface area (Å²) in [6.45, 7) is 0. The Labute approximate surface area is 136 Å². The molecular formula is C13H14F3N3O4S. The number of aromatic nitrogens is 2. The second kappa shape index (κ2) is 6.23. The Morgan fingerprint density at radius 1 is 1.17 bits per heavy atom. The maximum absolute atomic E-state index is 12.8. The van der Waals surface area contributed by atoms with Gasteiger partial charge in [0.25, 0.3) is 10.0 Å². The average Bonchev–Trinajstić information content (AvgIpc) is 2.86. The van der Waals surface area contributed by atoms with Gasteiger partial charge < -0.3 is 9.47 Å². The molecule has 1 N–H and O–H groups in total. The van der Waals surface area contributed by atoms with Gasteiger partial charge >= 0.3 is 6.18 Å². The standard InChI is InChI=1S/C13H14F3N3O4S/c1-19-11(13(14,15)16)7-12(17-19)18-24(20,21)10-6-8(22-2)4-5-9(10)23-3/h4-7H,1-3H3,(H,17,18). The van der Waals surface area contributed by atoms with Crippen LogP contribution >= 0.6 is 0 Å². The smallest absolute Gasteiger partial charge is 0.433 e. The lowest BCUT2D eigenvalue weighted by molar-refractivity contribution is -0.143. The van der Waals surface area contributed by atoms with Crippen LogP contribution in [-0.4, -0.2) is 32.4 Å². The summed E-state index contributed by atoms with van der Waals surface area (Å²) in [6.07, 6.45) is -4.65. The summed E-state index contributed by atoms with van der Waals surface area (Å²) in [6, 6.07) is 4.65. The molecule has 0 aliphatic rings. The van der Waals surface area contributed by atoms with Crippen molar-refractivity contribution in [3.63, 3.8) is 0 Å². The first kappa shape index (κ1) is 17.9. The summed E-state index contributed by atoms with van der Waals surface area (Å²) < 4.78 is 75.6. The lowest BCUT2D eigenvalue weighted by Crippen LogP contribution is -2.14. The molecule has 7 nitrogen and oxygen atoms in total. The number of hydrogen-bond acceptors (Lipinski definition) is 5. The number of anilines is 1. The van der Waals surface area contributed by atoms with Crippen LogP contribution in [0.3, 0.4) is 0 Å². The van der Waals surface area contributed by atoms with E-state index in [1.54, 1.807) is 0 Å². The molecule has 2 aromatic rings. The number of aryl methyl sites for hydroxylation is 1. The monoisotopic (exact) mass is 365 g/mol. The molecule has 1 aromatic carbocycles. The highest BCUT2D eigenvalue weighted by Gasteiger charge is 2.35. The van der Waals surface area contributed by atoms with Crippen LogP contribution in [0.25, 0.3) is 0 Å². The first-order valence-corrected chi connectivity index (χ1v) is 7.93. The van der Waals surface area contributed by atoms with Crippen LogP contribution in [0, 0.1) is 0 Å². The number of rotatable bonds is 5. The number of nitrogens with one attached hydrogen (secondary N) is 1. The van der Waals surface area contributed by atoms with Crippen LogP contribution in [0.1, 0.15) is 5.69 Å². The highest BCUT2D eigenvalue weighted by Crippen LogP contribution is 2.32. The second-order valence-corrected chi connectivity index (χ2v) is 6.31. The van der Waals surface area contributed by atoms with Gasteiger partial charge in [-0.25, -0.2) is 8.42 Å². The molecule has 0 atom stereocenters. The van der Waals surface area contributed by atoms with Crippen LogP contribution in [0.15, 0.2) is 29.2 Å². The third kappa shape index (κ3) is 3.55. The molecule has 24 heavy (non-hydrogen) atoms. The molecule has 132 valence electrons. The molecule has 1 aromatic heterocycles. The van der Waals surface area contributed by atoms with Crippen molar-refractivity contribution in [2.75, 3.05) is 18.9 Å². The lowest BCUT2D eigenvalue weighted by Gasteiger charge is -2.11. The predicted molar refractivity (Wildman–Crippen MR) is 78.6 cm³/mol. The van der Waals surface area contributed by atoms with E-state index in [0.29, 0.717) is 10.7 Å². The van der Waals surface area contributed by atoms with Crippen LogP contribution < -0.4 is 14.2 Å². The number of alkyl halides is 3. The van der Waals surface area contributed by atoms with Crippen molar-refractivity contribution < 1.29 is 31.1 Å². The summed E-state index contributed by atoms with van der Waals surface area (Å²) in [5, 5.41) is 3.52. The first-order valence-electron chi connectivity index (χ1n) is 6.44. The van der Waals surface area contributed by atoms with Gasteiger partial charge in [0.15, 0.2) is 5.82 Å². The number of nitrogens with zero attached hydrogens (tertiary/aromatic N) is 2. The van der Waals surface area contributed by atoms with Crippen molar-refractivity contribution in [3.05, 3.63) is 30.0 Å². The van der Waals surface area contributed by atoms with Crippen LogP contribution in [0.5, 0.6) is 11.5 Å². The fourth-order valence-corrected chi connectivity index (χ4v) is 3.14. The Morgan fingerprint density at radius 2 is 1.83 bits per heavy atom. The molecular weight excluding hydrogens is 351 g/mol. The minimum Gasteiger partial charge on any atom is -0.497 e. The maximum Gasteiger partial charge on any atom is 0.433 e. The molecule has 0 aliphatic heterocycles. The number of ether oxygens (including phenoxy) is 2. The summed E-state index contributed by atoms with van der Waals surface area (Å²) in [5.41, 5.74) is -1.09. The van der Waals surface area contributed by atoms with E-state index < -0.39 is 27.7 Å². The van der Waals surface area contributed by atoms with E-state index in [1.807, 2.05) is 4.72 Å². The van der Waals surface area contributed by atoms with Crippen LogP contribution in [0.2, 0.25) is 0 Å². The van der Waals surface area contributed by atoms with Gasteiger partial charge in [-0.15, -0.1) is 0 Å². The van der Waals surface area contributed by atoms with Gasteiger partial charge in [0.1, 0.15) is 22.1 Å². The quantitative estimate of drug-likeness (QED) is 0.879. The predicted octanol–water partition coefficient (Wildman–Crippen LogP) is 2.26. The Balaban J connectivity index is 2.43. The number of hydrogen-bond donors (Lipinski definition) is 1. The van der Waals surface area contributed by atoms with Gasteiger partial charge in [-0.3, -0.25) is 9.40 Å². The lowest BCUT2D eigenvalue weighted by atomic mass is 10.3. The van der Waals surface area contributed by atoms with Crippen molar-refractivity contribution in [1.82, 2.24) is 9.78 Å². The molecule has 0 spiro atoms. The normalized spacial score (nSPS) is 12.1. The van der Waals surface area contributed by atoms with Crippen LogP contribution in [-0.2, 0) is 23.2 Å². The van der Waals surface area contributed by atoms with Gasteiger partial charge in [0.2, 0.25) is 0 Å². The van der Waals surface area contributed by atoms with E-state index in [-0.39, 0.29) is 16.4 Å². The third-order valence-corrected chi connectivity index (χ3v) is 4.45. The zero-order valence-corrected chi connectivity index (χ0v) is 13.7. The van der Waals surface area contributed by atoms with E-state index in [9.17, 15) is 21.6 Å². The van der Waals surface area contributed by atoms with Gasteiger partial charge in [-0.1, -0.05) is 0 Å². The van der Waals surface area contributed by atoms with Gasteiger partial charge in [0, 0.05) is 19.2 Å². The number of methoxy groups -OCH3 is 2. The SMILES string of the molecule is COc1ccc(OC)c(S(=O)(=O)Nc2cc(C(F)(F)F)n(C)n2)c1. The van der Waals surface area contributed by atoms with E-state index in [1.165, 1.54) is 32.4 Å². The summed E-state index contributed by atoms with van der Waals surface area (Å²) in [4.78, 5) is -0.288. The Kier molecular flexibility index (Phi) is 4.65. The van der Waals surface area contributed by atoms with Gasteiger partial charge in [-0.05, 0) is 12.1 Å². The average molecular weight is 365 g/mol. The molecule has 11 heteroatoms. The van der Waals surface area contributed by atoms with E-state index in [2.05, 4.69) is 5.10 Å². The molecule has 0 saturated heterocycles. The van der Waals surface area contributed by atoms with Crippen LogP contribution in [0.4, 0.5) is 19.0 Å². The Hall–Kier alpha value is -2.43. The molecule has 0 unspecified atom stereocenters. The fraction of sp³-hybridized carbons (Fsp3) is 0.308. The van der Waals surface area contributed by atoms with Crippen molar-refractivity contribution in [2.45, 2.75) is 11.1 Å². The largest absolute Gasteiger partial charge is 0.497 e. The Morgan fingerprint density at radius 3 is 2.33 bits per heavy atom. The van der Waals surface area contributed by atoms with Gasteiger partial charge in [0.05, 0.1) is 14.2 Å². The summed E-state index contributed by atoms with van der Waals surface area (Å²) >= 11 is 0. The molecule has 0 saturated carbocycles. The first-order chi connectivity index (χ1) is 11.1. The van der Waals surface area contributed by atoms with Crippen molar-refractivity contribution in [1.29, 1.82) is 0 Å². The maximum atomic E-state index is 12.8. The highest BCUT2D eigenvalue weighted by atomic mass is 32.2. The molecule has 0 fully saturated rings. The van der Waals surface area contributed by atoms with E-state index in [0.717, 1.165) is 7.05 Å². The zero-order valence-electron chi connectivity index (χ0n) is 12.9. The third-order valence-electron chi connectivity index (χ3n) is 3.07. The zero-order chi connectivity index (χ0) is 18.1.